The van der Waals surface area contributed by atoms with Crippen LogP contribution in [0.1, 0.15) is 17.7 Å². The summed E-state index contributed by atoms with van der Waals surface area (Å²) in [5.41, 5.74) is 1.56. The summed E-state index contributed by atoms with van der Waals surface area (Å²) in [5, 5.41) is -0.410. The molecule has 0 radical (unpaired) electrons. The summed E-state index contributed by atoms with van der Waals surface area (Å²) in [6, 6.07) is 20.0. The summed E-state index contributed by atoms with van der Waals surface area (Å²) in [6.45, 7) is 2.49. The maximum Gasteiger partial charge on any atom is 0.231 e. The summed E-state index contributed by atoms with van der Waals surface area (Å²) in [4.78, 5) is 17.3. The Bertz CT molecular complexity index is 611. The maximum atomic E-state index is 11.9. The third-order valence-electron chi connectivity index (χ3n) is 2.90. The second-order valence-corrected chi connectivity index (χ2v) is 5.97. The van der Waals surface area contributed by atoms with Crippen molar-refractivity contribution in [3.8, 4) is 0 Å². The van der Waals surface area contributed by atoms with Gasteiger partial charge < -0.3 is 0 Å². The molecule has 21 heavy (non-hydrogen) atoms. The molecular weight excluding hydrogens is 298 g/mol. The first-order valence-electron chi connectivity index (χ1n) is 6.76. The number of thiol groups is 1. The number of carbonyl (C=O) groups excluding carboxylic acids is 1. The van der Waals surface area contributed by atoms with Crippen LogP contribution < -0.4 is 0 Å². The van der Waals surface area contributed by atoms with Crippen LogP contribution in [0.3, 0.4) is 0 Å². The molecule has 0 aliphatic rings. The number of aliphatic imine (C=N–C) groups is 1. The molecule has 0 amide bonds. The van der Waals surface area contributed by atoms with E-state index < -0.39 is 0 Å². The summed E-state index contributed by atoms with van der Waals surface area (Å²) in [6.07, 6.45) is 0. The average Bonchev–Trinajstić information content (AvgIpc) is 2.52. The molecule has 0 bridgehead atoms. The van der Waals surface area contributed by atoms with E-state index in [4.69, 9.17) is 0 Å². The zero-order valence-corrected chi connectivity index (χ0v) is 13.5. The Morgan fingerprint density at radius 2 is 1.67 bits per heavy atom. The predicted molar refractivity (Wildman–Crippen MR) is 93.5 cm³/mol. The number of carbonyl (C=O) groups is 1. The second-order valence-electron chi connectivity index (χ2n) is 4.39. The Balaban J connectivity index is 2.39. The van der Waals surface area contributed by atoms with Crippen LogP contribution in [0.2, 0.25) is 0 Å². The second kappa shape index (κ2) is 8.05. The molecule has 0 fully saturated rings. The molecule has 108 valence electrons. The van der Waals surface area contributed by atoms with Gasteiger partial charge in [-0.15, -0.1) is 11.8 Å². The van der Waals surface area contributed by atoms with Gasteiger partial charge in [0.2, 0.25) is 5.12 Å². The van der Waals surface area contributed by atoms with E-state index in [0.717, 1.165) is 10.5 Å². The van der Waals surface area contributed by atoms with E-state index in [1.807, 2.05) is 67.6 Å². The highest BCUT2D eigenvalue weighted by atomic mass is 32.2. The Kier molecular flexibility index (Phi) is 6.08. The van der Waals surface area contributed by atoms with Crippen molar-refractivity contribution < 1.29 is 4.79 Å². The molecule has 2 aromatic rings. The molecule has 0 spiro atoms. The molecule has 0 heterocycles. The van der Waals surface area contributed by atoms with E-state index in [0.29, 0.717) is 12.3 Å². The van der Waals surface area contributed by atoms with Crippen LogP contribution in [-0.2, 0) is 4.79 Å². The topological polar surface area (TPSA) is 29.4 Å². The third-order valence-corrected chi connectivity index (χ3v) is 4.40. The molecule has 0 aromatic heterocycles. The average molecular weight is 315 g/mol. The third kappa shape index (κ3) is 4.48. The first-order chi connectivity index (χ1) is 10.2. The molecule has 0 aliphatic heterocycles. The van der Waals surface area contributed by atoms with Crippen molar-refractivity contribution in [2.45, 2.75) is 17.1 Å². The lowest BCUT2D eigenvalue weighted by atomic mass is 10.1. The number of rotatable bonds is 6. The van der Waals surface area contributed by atoms with Crippen molar-refractivity contribution in [3.63, 3.8) is 0 Å². The van der Waals surface area contributed by atoms with Gasteiger partial charge in [0.05, 0.1) is 5.25 Å². The molecule has 2 nitrogen and oxygen atoms in total. The van der Waals surface area contributed by atoms with Crippen LogP contribution in [0.15, 0.2) is 70.6 Å². The molecule has 2 aromatic carbocycles. The Labute approximate surface area is 135 Å². The highest BCUT2D eigenvalue weighted by Crippen LogP contribution is 2.36. The minimum atomic E-state index is -0.269. The van der Waals surface area contributed by atoms with Gasteiger partial charge in [-0.25, -0.2) is 0 Å². The lowest BCUT2D eigenvalue weighted by Crippen LogP contribution is -2.17. The lowest BCUT2D eigenvalue weighted by molar-refractivity contribution is -0.105. The highest BCUT2D eigenvalue weighted by molar-refractivity contribution is 8.02. The van der Waals surface area contributed by atoms with E-state index >= 15 is 0 Å². The van der Waals surface area contributed by atoms with E-state index in [2.05, 4.69) is 17.6 Å². The first-order valence-corrected chi connectivity index (χ1v) is 8.09. The quantitative estimate of drug-likeness (QED) is 0.485. The Morgan fingerprint density at radius 3 is 2.19 bits per heavy atom. The number of thioether (sulfide) groups is 1. The van der Waals surface area contributed by atoms with Crippen molar-refractivity contribution in [2.75, 3.05) is 6.54 Å². The van der Waals surface area contributed by atoms with Crippen LogP contribution >= 0.6 is 24.4 Å². The van der Waals surface area contributed by atoms with Crippen molar-refractivity contribution in [1.82, 2.24) is 0 Å². The fraction of sp³-hybridized carbons (Fsp3) is 0.176. The van der Waals surface area contributed by atoms with Crippen LogP contribution in [0.4, 0.5) is 0 Å². The summed E-state index contributed by atoms with van der Waals surface area (Å²) in [7, 11) is 0. The fourth-order valence-corrected chi connectivity index (χ4v) is 3.44. The van der Waals surface area contributed by atoms with Gasteiger partial charge >= 0.3 is 0 Å². The van der Waals surface area contributed by atoms with Gasteiger partial charge in [0, 0.05) is 11.4 Å². The van der Waals surface area contributed by atoms with E-state index in [1.54, 1.807) is 11.8 Å². The monoisotopic (exact) mass is 315 g/mol. The molecule has 0 aliphatic carbocycles. The summed E-state index contributed by atoms with van der Waals surface area (Å²) < 4.78 is 0. The molecule has 0 N–H and O–H groups in total. The van der Waals surface area contributed by atoms with Gasteiger partial charge in [-0.3, -0.25) is 9.79 Å². The van der Waals surface area contributed by atoms with Gasteiger partial charge in [-0.05, 0) is 24.6 Å². The Hall–Kier alpha value is -1.52. The van der Waals surface area contributed by atoms with Gasteiger partial charge in [-0.2, -0.15) is 0 Å². The molecule has 0 saturated heterocycles. The van der Waals surface area contributed by atoms with Crippen LogP contribution in [-0.4, -0.2) is 17.4 Å². The standard InChI is InChI=1S/C17H17NOS2/c1-2-18-15(17(19)20)16(13-9-5-3-6-10-13)21-14-11-7-4-8-12-14/h3-12,16H,2H2,1H3,(H,19,20). The minimum absolute atomic E-state index is 0.140. The van der Waals surface area contributed by atoms with Crippen molar-refractivity contribution in [3.05, 3.63) is 66.2 Å². The van der Waals surface area contributed by atoms with Gasteiger partial charge in [0.1, 0.15) is 5.71 Å². The normalized spacial score (nSPS) is 13.0. The van der Waals surface area contributed by atoms with E-state index in [-0.39, 0.29) is 10.4 Å². The molecule has 2 rings (SSSR count). The van der Waals surface area contributed by atoms with Crippen LogP contribution in [0.25, 0.3) is 0 Å². The lowest BCUT2D eigenvalue weighted by Gasteiger charge is -2.17. The molecule has 0 saturated carbocycles. The fourth-order valence-electron chi connectivity index (χ4n) is 1.98. The van der Waals surface area contributed by atoms with Crippen molar-refractivity contribution >= 4 is 35.2 Å². The van der Waals surface area contributed by atoms with Crippen LogP contribution in [0, 0.1) is 0 Å². The molecule has 1 atom stereocenters. The smallest absolute Gasteiger partial charge is 0.231 e. The number of benzene rings is 2. The molecule has 4 heteroatoms. The highest BCUT2D eigenvalue weighted by Gasteiger charge is 2.23. The summed E-state index contributed by atoms with van der Waals surface area (Å²) >= 11 is 5.62. The number of nitrogens with zero attached hydrogens (tertiary/aromatic N) is 1. The molecular formula is C17H17NOS2. The minimum Gasteiger partial charge on any atom is -0.284 e. The zero-order chi connectivity index (χ0) is 15.1. The SMILES string of the molecule is CCN=C(C(=O)S)C(Sc1ccccc1)c1ccccc1. The van der Waals surface area contributed by atoms with Gasteiger partial charge in [0.15, 0.2) is 0 Å². The van der Waals surface area contributed by atoms with Crippen LogP contribution in [0.5, 0.6) is 0 Å². The number of hydrogen-bond acceptors (Lipinski definition) is 3. The van der Waals surface area contributed by atoms with Gasteiger partial charge in [-0.1, -0.05) is 61.2 Å². The van der Waals surface area contributed by atoms with Crippen molar-refractivity contribution in [1.29, 1.82) is 0 Å². The van der Waals surface area contributed by atoms with Crippen molar-refractivity contribution in [2.24, 2.45) is 4.99 Å². The molecule has 1 unspecified atom stereocenters. The Morgan fingerprint density at radius 1 is 1.10 bits per heavy atom. The predicted octanol–water partition coefficient (Wildman–Crippen LogP) is 4.44. The van der Waals surface area contributed by atoms with E-state index in [9.17, 15) is 4.79 Å². The van der Waals surface area contributed by atoms with E-state index in [1.165, 1.54) is 0 Å². The zero-order valence-electron chi connectivity index (χ0n) is 11.8. The van der Waals surface area contributed by atoms with Gasteiger partial charge in [0.25, 0.3) is 0 Å². The largest absolute Gasteiger partial charge is 0.284 e. The first kappa shape index (κ1) is 15.9. The summed E-state index contributed by atoms with van der Waals surface area (Å²) in [5.74, 6) is 0. The number of hydrogen-bond donors (Lipinski definition) is 1. The maximum absolute atomic E-state index is 11.9.